The SMILES string of the molecule is CC1=CC[P@@](=O)(Cl)C1. The van der Waals surface area contributed by atoms with E-state index in [4.69, 9.17) is 11.2 Å². The zero-order valence-electron chi connectivity index (χ0n) is 4.72. The van der Waals surface area contributed by atoms with E-state index in [9.17, 15) is 4.57 Å². The van der Waals surface area contributed by atoms with Crippen LogP contribution in [-0.2, 0) is 4.57 Å². The Morgan fingerprint density at radius 1 is 1.88 bits per heavy atom. The van der Waals surface area contributed by atoms with Gasteiger partial charge in [0.2, 0.25) is 0 Å². The summed E-state index contributed by atoms with van der Waals surface area (Å²) in [7, 11) is 0. The second-order valence-corrected chi connectivity index (χ2v) is 6.29. The largest absolute Gasteiger partial charge is 0.306 e. The van der Waals surface area contributed by atoms with Gasteiger partial charge in [-0.05, 0) is 6.92 Å². The first-order chi connectivity index (χ1) is 3.60. The van der Waals surface area contributed by atoms with Crippen molar-refractivity contribution in [2.45, 2.75) is 6.92 Å². The van der Waals surface area contributed by atoms with Gasteiger partial charge in [-0.1, -0.05) is 22.9 Å². The molecule has 1 nitrogen and oxygen atoms in total. The Morgan fingerprint density at radius 3 is 2.62 bits per heavy atom. The Kier molecular flexibility index (Phi) is 1.51. The Bertz CT molecular complexity index is 173. The maximum Gasteiger partial charge on any atom is 0.176 e. The highest BCUT2D eigenvalue weighted by molar-refractivity contribution is 7.89. The smallest absolute Gasteiger partial charge is 0.176 e. The lowest BCUT2D eigenvalue weighted by molar-refractivity contribution is 0.588. The number of hydrogen-bond acceptors (Lipinski definition) is 1. The average molecular weight is 151 g/mol. The van der Waals surface area contributed by atoms with Crippen LogP contribution in [0, 0.1) is 0 Å². The topological polar surface area (TPSA) is 17.1 Å². The molecule has 1 aliphatic rings. The van der Waals surface area contributed by atoms with Gasteiger partial charge in [0, 0.05) is 12.3 Å². The van der Waals surface area contributed by atoms with Crippen molar-refractivity contribution in [1.29, 1.82) is 0 Å². The van der Waals surface area contributed by atoms with Crippen molar-refractivity contribution in [3.05, 3.63) is 11.6 Å². The third-order valence-electron chi connectivity index (χ3n) is 1.20. The first kappa shape index (κ1) is 6.38. The molecule has 1 heterocycles. The van der Waals surface area contributed by atoms with Crippen LogP contribution < -0.4 is 0 Å². The molecule has 0 aliphatic carbocycles. The van der Waals surface area contributed by atoms with E-state index in [-0.39, 0.29) is 0 Å². The summed E-state index contributed by atoms with van der Waals surface area (Å²) >= 11 is 5.57. The van der Waals surface area contributed by atoms with E-state index < -0.39 is 6.49 Å². The molecule has 0 saturated heterocycles. The molecule has 0 bridgehead atoms. The fourth-order valence-corrected chi connectivity index (χ4v) is 3.15. The third kappa shape index (κ3) is 1.37. The summed E-state index contributed by atoms with van der Waals surface area (Å²) in [6, 6.07) is 0. The van der Waals surface area contributed by atoms with Crippen LogP contribution in [0.4, 0.5) is 0 Å². The van der Waals surface area contributed by atoms with Crippen LogP contribution >= 0.6 is 17.7 Å². The monoisotopic (exact) mass is 150 g/mol. The summed E-state index contributed by atoms with van der Waals surface area (Å²) in [6.07, 6.45) is 3.17. The van der Waals surface area contributed by atoms with Gasteiger partial charge in [-0.15, -0.1) is 0 Å². The molecule has 1 aliphatic heterocycles. The van der Waals surface area contributed by atoms with E-state index >= 15 is 0 Å². The highest BCUT2D eigenvalue weighted by atomic mass is 35.7. The van der Waals surface area contributed by atoms with Crippen molar-refractivity contribution < 1.29 is 4.57 Å². The zero-order chi connectivity index (χ0) is 6.20. The first-order valence-corrected chi connectivity index (χ1v) is 5.52. The Hall–Kier alpha value is 0.260. The van der Waals surface area contributed by atoms with E-state index in [0.29, 0.717) is 12.3 Å². The third-order valence-corrected chi connectivity index (χ3v) is 3.67. The molecule has 0 radical (unpaired) electrons. The second kappa shape index (κ2) is 1.89. The lowest BCUT2D eigenvalue weighted by atomic mass is 10.3. The molecule has 3 heteroatoms. The summed E-state index contributed by atoms with van der Waals surface area (Å²) in [5.74, 6) is 0. The molecule has 0 aromatic carbocycles. The van der Waals surface area contributed by atoms with Crippen LogP contribution in [0.3, 0.4) is 0 Å². The maximum absolute atomic E-state index is 10.9. The summed E-state index contributed by atoms with van der Waals surface area (Å²) < 4.78 is 10.9. The summed E-state index contributed by atoms with van der Waals surface area (Å²) in [5.41, 5.74) is 1.17. The summed E-state index contributed by atoms with van der Waals surface area (Å²) in [6.45, 7) is -0.259. The Balaban J connectivity index is 2.69. The molecule has 0 aromatic rings. The van der Waals surface area contributed by atoms with Crippen molar-refractivity contribution in [1.82, 2.24) is 0 Å². The lowest BCUT2D eigenvalue weighted by Gasteiger charge is -1.96. The fourth-order valence-electron chi connectivity index (χ4n) is 0.794. The average Bonchev–Trinajstić information content (AvgIpc) is 1.82. The minimum atomic E-state index is -2.22. The van der Waals surface area contributed by atoms with Crippen LogP contribution in [0.1, 0.15) is 6.92 Å². The van der Waals surface area contributed by atoms with Gasteiger partial charge >= 0.3 is 0 Å². The van der Waals surface area contributed by atoms with Crippen LogP contribution in [0.5, 0.6) is 0 Å². The molecule has 1 rings (SSSR count). The number of halogens is 1. The van der Waals surface area contributed by atoms with Gasteiger partial charge in [0.15, 0.2) is 6.49 Å². The van der Waals surface area contributed by atoms with Crippen LogP contribution in [0.15, 0.2) is 11.6 Å². The number of hydrogen-bond donors (Lipinski definition) is 0. The van der Waals surface area contributed by atoms with Gasteiger partial charge in [0.05, 0.1) is 0 Å². The highest BCUT2D eigenvalue weighted by Crippen LogP contribution is 2.55. The second-order valence-electron chi connectivity index (χ2n) is 2.18. The van der Waals surface area contributed by atoms with Gasteiger partial charge < -0.3 is 4.57 Å². The quantitative estimate of drug-likeness (QED) is 0.383. The van der Waals surface area contributed by atoms with Crippen molar-refractivity contribution in [3.63, 3.8) is 0 Å². The number of allylic oxidation sites excluding steroid dienone is 2. The van der Waals surface area contributed by atoms with Crippen molar-refractivity contribution >= 4 is 17.7 Å². The van der Waals surface area contributed by atoms with E-state index in [1.165, 1.54) is 5.57 Å². The maximum atomic E-state index is 10.9. The standard InChI is InChI=1S/C5H8ClOP/c1-5-2-3-8(6,7)4-5/h2H,3-4H2,1H3/t8-/m0/s1. The molecular formula is C5H8ClOP. The van der Waals surface area contributed by atoms with E-state index in [1.54, 1.807) is 0 Å². The molecular weight excluding hydrogens is 142 g/mol. The van der Waals surface area contributed by atoms with Crippen molar-refractivity contribution in [2.24, 2.45) is 0 Å². The molecule has 0 saturated carbocycles. The Morgan fingerprint density at radius 2 is 2.50 bits per heavy atom. The molecule has 8 heavy (non-hydrogen) atoms. The van der Waals surface area contributed by atoms with Gasteiger partial charge in [-0.2, -0.15) is 0 Å². The first-order valence-electron chi connectivity index (χ1n) is 2.53. The van der Waals surface area contributed by atoms with E-state index in [0.717, 1.165) is 0 Å². The van der Waals surface area contributed by atoms with Crippen LogP contribution in [0.25, 0.3) is 0 Å². The van der Waals surface area contributed by atoms with Gasteiger partial charge in [-0.3, -0.25) is 0 Å². The predicted octanol–water partition coefficient (Wildman–Crippen LogP) is 2.46. The Labute approximate surface area is 53.9 Å². The minimum absolute atomic E-state index is 0.598. The molecule has 0 aromatic heterocycles. The molecule has 0 fully saturated rings. The number of rotatable bonds is 0. The molecule has 0 spiro atoms. The van der Waals surface area contributed by atoms with Crippen molar-refractivity contribution in [2.75, 3.05) is 12.3 Å². The highest BCUT2D eigenvalue weighted by Gasteiger charge is 2.22. The van der Waals surface area contributed by atoms with Crippen LogP contribution in [-0.4, -0.2) is 12.3 Å². The van der Waals surface area contributed by atoms with E-state index in [1.807, 2.05) is 13.0 Å². The van der Waals surface area contributed by atoms with Gasteiger partial charge in [-0.25, -0.2) is 0 Å². The predicted molar refractivity (Wildman–Crippen MR) is 37.0 cm³/mol. The summed E-state index contributed by atoms with van der Waals surface area (Å²) in [4.78, 5) is 0. The normalized spacial score (nSPS) is 37.5. The molecule has 0 amide bonds. The van der Waals surface area contributed by atoms with Gasteiger partial charge in [0.25, 0.3) is 0 Å². The molecule has 1 atom stereocenters. The molecule has 0 unspecified atom stereocenters. The van der Waals surface area contributed by atoms with Gasteiger partial charge in [0.1, 0.15) is 0 Å². The van der Waals surface area contributed by atoms with Crippen molar-refractivity contribution in [3.8, 4) is 0 Å². The molecule has 0 N–H and O–H groups in total. The fraction of sp³-hybridized carbons (Fsp3) is 0.600. The van der Waals surface area contributed by atoms with Crippen LogP contribution in [0.2, 0.25) is 0 Å². The van der Waals surface area contributed by atoms with E-state index in [2.05, 4.69) is 0 Å². The summed E-state index contributed by atoms with van der Waals surface area (Å²) in [5, 5.41) is 0. The zero-order valence-corrected chi connectivity index (χ0v) is 6.38. The minimum Gasteiger partial charge on any atom is -0.306 e. The lowest BCUT2D eigenvalue weighted by Crippen LogP contribution is -1.74. The molecule has 46 valence electrons.